The van der Waals surface area contributed by atoms with Gasteiger partial charge in [0.1, 0.15) is 5.82 Å². The van der Waals surface area contributed by atoms with Crippen LogP contribution in [0, 0.1) is 5.82 Å². The molecule has 0 aliphatic heterocycles. The number of carbonyl (C=O) groups is 2. The molecule has 0 spiro atoms. The molecule has 2 aromatic carbocycles. The monoisotopic (exact) mass is 344 g/mol. The van der Waals surface area contributed by atoms with Gasteiger partial charge in [-0.1, -0.05) is 24.3 Å². The van der Waals surface area contributed by atoms with E-state index in [4.69, 9.17) is 0 Å². The molecule has 0 saturated carbocycles. The summed E-state index contributed by atoms with van der Waals surface area (Å²) in [6.07, 6.45) is -1.26. The minimum Gasteiger partial charge on any atom is -0.388 e. The van der Waals surface area contributed by atoms with Crippen molar-refractivity contribution in [2.45, 2.75) is 26.0 Å². The van der Waals surface area contributed by atoms with Gasteiger partial charge in [-0.05, 0) is 35.4 Å². The summed E-state index contributed by atoms with van der Waals surface area (Å²) in [6.45, 7) is 1.92. The average Bonchev–Trinajstić information content (AvgIpc) is 2.54. The van der Waals surface area contributed by atoms with Gasteiger partial charge >= 0.3 is 0 Å². The Balaban J connectivity index is 1.97. The van der Waals surface area contributed by atoms with Gasteiger partial charge in [-0.3, -0.25) is 9.59 Å². The Bertz CT molecular complexity index is 764. The third-order valence-corrected chi connectivity index (χ3v) is 3.78. The fraction of sp³-hybridized carbons (Fsp3) is 0.263. The van der Waals surface area contributed by atoms with Crippen molar-refractivity contribution in [3.63, 3.8) is 0 Å². The van der Waals surface area contributed by atoms with Crippen molar-refractivity contribution in [1.29, 1.82) is 0 Å². The van der Waals surface area contributed by atoms with Crippen molar-refractivity contribution in [2.24, 2.45) is 0 Å². The Morgan fingerprint density at radius 1 is 1.20 bits per heavy atom. The molecule has 1 atom stereocenters. The van der Waals surface area contributed by atoms with Crippen molar-refractivity contribution in [1.82, 2.24) is 4.90 Å². The van der Waals surface area contributed by atoms with E-state index >= 15 is 0 Å². The third kappa shape index (κ3) is 5.69. The van der Waals surface area contributed by atoms with Crippen LogP contribution in [0.1, 0.15) is 30.6 Å². The van der Waals surface area contributed by atoms with Crippen molar-refractivity contribution in [3.8, 4) is 0 Å². The molecule has 2 amide bonds. The number of rotatable bonds is 6. The highest BCUT2D eigenvalue weighted by molar-refractivity contribution is 5.91. The molecule has 0 radical (unpaired) electrons. The molecule has 0 bridgehead atoms. The fourth-order valence-corrected chi connectivity index (χ4v) is 2.35. The number of amides is 2. The van der Waals surface area contributed by atoms with Gasteiger partial charge in [0.05, 0.1) is 12.5 Å². The Kier molecular flexibility index (Phi) is 6.25. The van der Waals surface area contributed by atoms with Crippen molar-refractivity contribution in [2.75, 3.05) is 12.4 Å². The lowest BCUT2D eigenvalue weighted by Crippen LogP contribution is -2.23. The summed E-state index contributed by atoms with van der Waals surface area (Å²) in [5.41, 5.74) is 1.80. The zero-order chi connectivity index (χ0) is 18.4. The molecule has 25 heavy (non-hydrogen) atoms. The predicted molar refractivity (Wildman–Crippen MR) is 93.2 cm³/mol. The van der Waals surface area contributed by atoms with Gasteiger partial charge < -0.3 is 15.3 Å². The molecule has 5 nitrogen and oxygen atoms in total. The molecule has 6 heteroatoms. The van der Waals surface area contributed by atoms with Crippen LogP contribution in [0.5, 0.6) is 0 Å². The quantitative estimate of drug-likeness (QED) is 0.847. The first-order chi connectivity index (χ1) is 11.8. The molecule has 2 rings (SSSR count). The van der Waals surface area contributed by atoms with E-state index < -0.39 is 11.9 Å². The van der Waals surface area contributed by atoms with Crippen molar-refractivity contribution >= 4 is 17.5 Å². The van der Waals surface area contributed by atoms with Gasteiger partial charge in [-0.2, -0.15) is 0 Å². The standard InChI is InChI=1S/C19H21FN2O3/c1-13(23)22(2)12-14-5-3-8-17(9-14)21-19(25)11-18(24)15-6-4-7-16(20)10-15/h3-10,18,24H,11-12H2,1-2H3,(H,21,25). The minimum atomic E-state index is -1.08. The van der Waals surface area contributed by atoms with Crippen LogP contribution in [0.4, 0.5) is 10.1 Å². The number of halogens is 1. The molecule has 0 fully saturated rings. The molecule has 1 unspecified atom stereocenters. The number of hydrogen-bond donors (Lipinski definition) is 2. The molecule has 2 N–H and O–H groups in total. The number of carbonyl (C=O) groups excluding carboxylic acids is 2. The van der Waals surface area contributed by atoms with Crippen LogP contribution in [0.2, 0.25) is 0 Å². The lowest BCUT2D eigenvalue weighted by molar-refractivity contribution is -0.128. The Labute approximate surface area is 146 Å². The topological polar surface area (TPSA) is 69.6 Å². The first-order valence-electron chi connectivity index (χ1n) is 7.89. The Morgan fingerprint density at radius 2 is 1.92 bits per heavy atom. The first-order valence-corrected chi connectivity index (χ1v) is 7.89. The van der Waals surface area contributed by atoms with Crippen molar-refractivity contribution < 1.29 is 19.1 Å². The number of aliphatic hydroxyl groups excluding tert-OH is 1. The Hall–Kier alpha value is -2.73. The normalized spacial score (nSPS) is 11.7. The summed E-state index contributed by atoms with van der Waals surface area (Å²) in [5.74, 6) is -0.888. The summed E-state index contributed by atoms with van der Waals surface area (Å²) in [7, 11) is 1.70. The van der Waals surface area contributed by atoms with Crippen molar-refractivity contribution in [3.05, 3.63) is 65.5 Å². The molecule has 0 aliphatic carbocycles. The van der Waals surface area contributed by atoms with Gasteiger partial charge in [-0.15, -0.1) is 0 Å². The fourth-order valence-electron chi connectivity index (χ4n) is 2.35. The van der Waals surface area contributed by atoms with Gasteiger partial charge in [0, 0.05) is 26.2 Å². The highest BCUT2D eigenvalue weighted by Crippen LogP contribution is 2.19. The van der Waals surface area contributed by atoms with Gasteiger partial charge in [0.15, 0.2) is 0 Å². The summed E-state index contributed by atoms with van der Waals surface area (Å²) in [4.78, 5) is 25.0. The molecule has 2 aromatic rings. The molecule has 0 aliphatic rings. The van der Waals surface area contributed by atoms with Gasteiger partial charge in [-0.25, -0.2) is 4.39 Å². The van der Waals surface area contributed by atoms with E-state index in [0.29, 0.717) is 17.8 Å². The zero-order valence-electron chi connectivity index (χ0n) is 14.2. The third-order valence-electron chi connectivity index (χ3n) is 3.78. The molecule has 132 valence electrons. The van der Waals surface area contributed by atoms with E-state index in [1.807, 2.05) is 6.07 Å². The van der Waals surface area contributed by atoms with Crippen LogP contribution in [0.25, 0.3) is 0 Å². The Morgan fingerprint density at radius 3 is 2.60 bits per heavy atom. The van der Waals surface area contributed by atoms with E-state index in [-0.39, 0.29) is 18.2 Å². The highest BCUT2D eigenvalue weighted by atomic mass is 19.1. The zero-order valence-corrected chi connectivity index (χ0v) is 14.2. The largest absolute Gasteiger partial charge is 0.388 e. The second-order valence-corrected chi connectivity index (χ2v) is 5.90. The second-order valence-electron chi connectivity index (χ2n) is 5.90. The van der Waals surface area contributed by atoms with E-state index in [1.165, 1.54) is 25.1 Å². The summed E-state index contributed by atoms with van der Waals surface area (Å²) >= 11 is 0. The molecule has 0 heterocycles. The van der Waals surface area contributed by atoms with E-state index in [9.17, 15) is 19.1 Å². The maximum absolute atomic E-state index is 13.2. The summed E-state index contributed by atoms with van der Waals surface area (Å²) < 4.78 is 13.2. The van der Waals surface area contributed by atoms with Gasteiger partial charge in [0.2, 0.25) is 11.8 Å². The number of aliphatic hydroxyl groups is 1. The second kappa shape index (κ2) is 8.39. The van der Waals surface area contributed by atoms with Gasteiger partial charge in [0.25, 0.3) is 0 Å². The lowest BCUT2D eigenvalue weighted by Gasteiger charge is -2.16. The summed E-state index contributed by atoms with van der Waals surface area (Å²) in [5, 5.41) is 12.8. The van der Waals surface area contributed by atoms with Crippen LogP contribution < -0.4 is 5.32 Å². The minimum absolute atomic E-state index is 0.0485. The first kappa shape index (κ1) is 18.6. The average molecular weight is 344 g/mol. The molecular weight excluding hydrogens is 323 g/mol. The van der Waals surface area contributed by atoms with E-state index in [0.717, 1.165) is 5.56 Å². The molecule has 0 saturated heterocycles. The number of hydrogen-bond acceptors (Lipinski definition) is 3. The van der Waals surface area contributed by atoms with Crippen LogP contribution in [-0.4, -0.2) is 28.9 Å². The number of anilines is 1. The number of benzene rings is 2. The SMILES string of the molecule is CC(=O)N(C)Cc1cccc(NC(=O)CC(O)c2cccc(F)c2)c1. The number of nitrogens with one attached hydrogen (secondary N) is 1. The molecule has 0 aromatic heterocycles. The maximum atomic E-state index is 13.2. The highest BCUT2D eigenvalue weighted by Gasteiger charge is 2.14. The summed E-state index contributed by atoms with van der Waals surface area (Å²) in [6, 6.07) is 12.7. The van der Waals surface area contributed by atoms with Crippen LogP contribution >= 0.6 is 0 Å². The van der Waals surface area contributed by atoms with Crippen LogP contribution in [-0.2, 0) is 16.1 Å². The van der Waals surface area contributed by atoms with E-state index in [2.05, 4.69) is 5.32 Å². The van der Waals surface area contributed by atoms with Crippen LogP contribution in [0.15, 0.2) is 48.5 Å². The smallest absolute Gasteiger partial charge is 0.227 e. The molecular formula is C19H21FN2O3. The maximum Gasteiger partial charge on any atom is 0.227 e. The van der Waals surface area contributed by atoms with E-state index in [1.54, 1.807) is 36.2 Å². The predicted octanol–water partition coefficient (Wildman–Crippen LogP) is 2.87. The number of nitrogens with zero attached hydrogens (tertiary/aromatic N) is 1. The van der Waals surface area contributed by atoms with Crippen LogP contribution in [0.3, 0.4) is 0 Å². The lowest BCUT2D eigenvalue weighted by atomic mass is 10.1.